The van der Waals surface area contributed by atoms with Gasteiger partial charge in [0.1, 0.15) is 0 Å². The summed E-state index contributed by atoms with van der Waals surface area (Å²) in [6, 6.07) is 2.67. The van der Waals surface area contributed by atoms with Gasteiger partial charge in [0, 0.05) is 12.6 Å². The molecule has 0 spiro atoms. The summed E-state index contributed by atoms with van der Waals surface area (Å²) in [5.74, 6) is 0. The van der Waals surface area contributed by atoms with E-state index in [0.717, 1.165) is 32.5 Å². The fourth-order valence-electron chi connectivity index (χ4n) is 1.56. The molecule has 3 nitrogen and oxygen atoms in total. The molecular formula is C10H19N3. The minimum absolute atomic E-state index is 0.188. The molecule has 0 saturated carbocycles. The zero-order valence-electron chi connectivity index (χ0n) is 8.58. The first-order chi connectivity index (χ1) is 6.03. The molecule has 0 radical (unpaired) electrons. The fraction of sp³-hybridized carbons (Fsp3) is 0.900. The number of likely N-dealkylation sites (tertiary alicyclic amines) is 1. The number of nitriles is 1. The van der Waals surface area contributed by atoms with Crippen molar-refractivity contribution < 1.29 is 0 Å². The first-order valence-electron chi connectivity index (χ1n) is 4.93. The molecule has 1 aliphatic heterocycles. The van der Waals surface area contributed by atoms with Gasteiger partial charge in [-0.25, -0.2) is 0 Å². The quantitative estimate of drug-likeness (QED) is 0.705. The highest BCUT2D eigenvalue weighted by Crippen LogP contribution is 2.20. The van der Waals surface area contributed by atoms with Crippen molar-refractivity contribution >= 4 is 0 Å². The van der Waals surface area contributed by atoms with Crippen molar-refractivity contribution in [2.75, 3.05) is 19.6 Å². The SMILES string of the molecule is CC(C)(C#N)CCN1CC[C@H](N)C1. The summed E-state index contributed by atoms with van der Waals surface area (Å²) in [6.45, 7) is 7.09. The van der Waals surface area contributed by atoms with Gasteiger partial charge in [0.15, 0.2) is 0 Å². The predicted octanol–water partition coefficient (Wildman–Crippen LogP) is 0.959. The summed E-state index contributed by atoms with van der Waals surface area (Å²) >= 11 is 0. The number of nitrogens with two attached hydrogens (primary N) is 1. The molecule has 1 heterocycles. The Labute approximate surface area is 80.5 Å². The van der Waals surface area contributed by atoms with Crippen molar-refractivity contribution in [3.8, 4) is 6.07 Å². The normalized spacial score (nSPS) is 24.6. The van der Waals surface area contributed by atoms with E-state index >= 15 is 0 Å². The highest BCUT2D eigenvalue weighted by molar-refractivity contribution is 4.92. The van der Waals surface area contributed by atoms with Crippen LogP contribution in [0.3, 0.4) is 0 Å². The van der Waals surface area contributed by atoms with Crippen LogP contribution in [0.1, 0.15) is 26.7 Å². The van der Waals surface area contributed by atoms with Crippen LogP contribution in [0.25, 0.3) is 0 Å². The van der Waals surface area contributed by atoms with Crippen LogP contribution in [-0.4, -0.2) is 30.6 Å². The predicted molar refractivity (Wildman–Crippen MR) is 53.0 cm³/mol. The van der Waals surface area contributed by atoms with Gasteiger partial charge in [-0.3, -0.25) is 0 Å². The lowest BCUT2D eigenvalue weighted by atomic mass is 9.91. The third-order valence-corrected chi connectivity index (χ3v) is 2.66. The zero-order valence-corrected chi connectivity index (χ0v) is 8.58. The summed E-state index contributed by atoms with van der Waals surface area (Å²) in [4.78, 5) is 2.35. The maximum atomic E-state index is 8.83. The zero-order chi connectivity index (χ0) is 9.90. The average molecular weight is 181 g/mol. The maximum Gasteiger partial charge on any atom is 0.0684 e. The molecule has 1 aliphatic rings. The molecule has 0 aromatic carbocycles. The van der Waals surface area contributed by atoms with Gasteiger partial charge in [-0.15, -0.1) is 0 Å². The van der Waals surface area contributed by atoms with Gasteiger partial charge < -0.3 is 10.6 Å². The molecule has 1 atom stereocenters. The van der Waals surface area contributed by atoms with E-state index in [0.29, 0.717) is 6.04 Å². The molecule has 0 aliphatic carbocycles. The van der Waals surface area contributed by atoms with Crippen molar-refractivity contribution in [3.05, 3.63) is 0 Å². The Bertz CT molecular complexity index is 205. The minimum Gasteiger partial charge on any atom is -0.326 e. The number of hydrogen-bond acceptors (Lipinski definition) is 3. The topological polar surface area (TPSA) is 53.0 Å². The summed E-state index contributed by atoms with van der Waals surface area (Å²) in [5, 5.41) is 8.83. The number of hydrogen-bond donors (Lipinski definition) is 1. The molecule has 1 fully saturated rings. The van der Waals surface area contributed by atoms with Crippen LogP contribution in [0, 0.1) is 16.7 Å². The van der Waals surface area contributed by atoms with Crippen molar-refractivity contribution in [2.45, 2.75) is 32.7 Å². The Morgan fingerprint density at radius 1 is 1.62 bits per heavy atom. The van der Waals surface area contributed by atoms with Crippen LogP contribution in [-0.2, 0) is 0 Å². The first kappa shape index (κ1) is 10.5. The second kappa shape index (κ2) is 4.08. The average Bonchev–Trinajstić information content (AvgIpc) is 2.48. The Morgan fingerprint density at radius 3 is 2.77 bits per heavy atom. The second-order valence-corrected chi connectivity index (χ2v) is 4.60. The van der Waals surface area contributed by atoms with Crippen molar-refractivity contribution in [1.82, 2.24) is 4.90 Å². The van der Waals surface area contributed by atoms with Gasteiger partial charge in [-0.2, -0.15) is 5.26 Å². The van der Waals surface area contributed by atoms with Crippen molar-refractivity contribution in [3.63, 3.8) is 0 Å². The van der Waals surface area contributed by atoms with Crippen LogP contribution in [0.5, 0.6) is 0 Å². The van der Waals surface area contributed by atoms with Crippen molar-refractivity contribution in [2.24, 2.45) is 11.1 Å². The van der Waals surface area contributed by atoms with Crippen molar-refractivity contribution in [1.29, 1.82) is 5.26 Å². The maximum absolute atomic E-state index is 8.83. The van der Waals surface area contributed by atoms with E-state index in [-0.39, 0.29) is 5.41 Å². The van der Waals surface area contributed by atoms with Crippen LogP contribution >= 0.6 is 0 Å². The van der Waals surface area contributed by atoms with Gasteiger partial charge in [0.25, 0.3) is 0 Å². The lowest BCUT2D eigenvalue weighted by molar-refractivity contribution is 0.285. The Balaban J connectivity index is 2.24. The fourth-order valence-corrected chi connectivity index (χ4v) is 1.56. The Hall–Kier alpha value is -0.590. The summed E-state index contributed by atoms with van der Waals surface area (Å²) < 4.78 is 0. The molecule has 2 N–H and O–H groups in total. The first-order valence-corrected chi connectivity index (χ1v) is 4.93. The molecule has 0 aromatic heterocycles. The molecule has 0 aromatic rings. The summed E-state index contributed by atoms with van der Waals surface area (Å²) in [5.41, 5.74) is 5.60. The number of rotatable bonds is 3. The lowest BCUT2D eigenvalue weighted by Crippen LogP contribution is -2.29. The van der Waals surface area contributed by atoms with Gasteiger partial charge >= 0.3 is 0 Å². The standard InChI is InChI=1S/C10H19N3/c1-10(2,8-11)4-6-13-5-3-9(12)7-13/h9H,3-7,12H2,1-2H3/t9-/m0/s1. The van der Waals surface area contributed by atoms with E-state index in [9.17, 15) is 0 Å². The highest BCUT2D eigenvalue weighted by Gasteiger charge is 2.22. The van der Waals surface area contributed by atoms with Gasteiger partial charge in [-0.05, 0) is 39.8 Å². The summed E-state index contributed by atoms with van der Waals surface area (Å²) in [7, 11) is 0. The van der Waals surface area contributed by atoms with Crippen LogP contribution in [0.2, 0.25) is 0 Å². The molecule has 0 unspecified atom stereocenters. The largest absolute Gasteiger partial charge is 0.326 e. The minimum atomic E-state index is -0.188. The number of nitrogens with zero attached hydrogens (tertiary/aromatic N) is 2. The third-order valence-electron chi connectivity index (χ3n) is 2.66. The monoisotopic (exact) mass is 181 g/mol. The smallest absolute Gasteiger partial charge is 0.0684 e. The van der Waals surface area contributed by atoms with Gasteiger partial charge in [0.05, 0.1) is 11.5 Å². The molecule has 1 saturated heterocycles. The Kier molecular flexibility index (Phi) is 3.29. The third kappa shape index (κ3) is 3.33. The van der Waals surface area contributed by atoms with Gasteiger partial charge in [-0.1, -0.05) is 0 Å². The van der Waals surface area contributed by atoms with E-state index < -0.39 is 0 Å². The van der Waals surface area contributed by atoms with E-state index in [2.05, 4.69) is 11.0 Å². The van der Waals surface area contributed by atoms with E-state index in [1.54, 1.807) is 0 Å². The molecule has 0 amide bonds. The van der Waals surface area contributed by atoms with Crippen LogP contribution in [0.15, 0.2) is 0 Å². The molecule has 13 heavy (non-hydrogen) atoms. The van der Waals surface area contributed by atoms with E-state index in [1.807, 2.05) is 13.8 Å². The van der Waals surface area contributed by atoms with Gasteiger partial charge in [0.2, 0.25) is 0 Å². The molecule has 0 bridgehead atoms. The summed E-state index contributed by atoms with van der Waals surface area (Å²) in [6.07, 6.45) is 2.04. The molecule has 1 rings (SSSR count). The van der Waals surface area contributed by atoms with Crippen LogP contribution in [0.4, 0.5) is 0 Å². The molecule has 3 heteroatoms. The van der Waals surface area contributed by atoms with E-state index in [4.69, 9.17) is 11.0 Å². The lowest BCUT2D eigenvalue weighted by Gasteiger charge is -2.20. The second-order valence-electron chi connectivity index (χ2n) is 4.60. The highest BCUT2D eigenvalue weighted by atomic mass is 15.2. The Morgan fingerprint density at radius 2 is 2.31 bits per heavy atom. The molecular weight excluding hydrogens is 162 g/mol. The van der Waals surface area contributed by atoms with Crippen LogP contribution < -0.4 is 5.73 Å². The molecule has 74 valence electrons. The van der Waals surface area contributed by atoms with E-state index in [1.165, 1.54) is 0 Å².